The van der Waals surface area contributed by atoms with E-state index in [1.165, 1.54) is 54.6 Å². The van der Waals surface area contributed by atoms with Crippen LogP contribution in [0.15, 0.2) is 195 Å². The number of nitro benzene ring substituents is 6. The summed E-state index contributed by atoms with van der Waals surface area (Å²) >= 11 is 9.13. The lowest BCUT2D eigenvalue weighted by molar-refractivity contribution is -0.394. The number of hydrogen-bond donors (Lipinski definition) is 4. The van der Waals surface area contributed by atoms with Crippen molar-refractivity contribution < 1.29 is 80.0 Å². The molecule has 0 aliphatic rings. The molecule has 0 amide bonds. The number of nitrogens with one attached hydrogen (secondary N) is 1. The Morgan fingerprint density at radius 1 is 0.330 bits per heavy atom. The normalized spacial score (nSPS) is 9.94. The Kier molecular flexibility index (Phi) is 29.9. The third-order valence-corrected chi connectivity index (χ3v) is 13.2. The molecule has 24 nitrogen and oxygen atoms in total. The van der Waals surface area contributed by atoms with E-state index in [-0.39, 0.29) is 61.4 Å². The van der Waals surface area contributed by atoms with Crippen LogP contribution in [0.1, 0.15) is 0 Å². The summed E-state index contributed by atoms with van der Waals surface area (Å²) in [5.41, 5.74) is 17.8. The molecule has 10 aromatic rings. The van der Waals surface area contributed by atoms with Gasteiger partial charge in [-0.1, -0.05) is 59.3 Å². The highest BCUT2D eigenvalue weighted by Crippen LogP contribution is 2.36. The number of nitro groups is 6. The van der Waals surface area contributed by atoms with Gasteiger partial charge in [-0.15, -0.1) is 0 Å². The highest BCUT2D eigenvalue weighted by Gasteiger charge is 2.21. The first-order valence-corrected chi connectivity index (χ1v) is 27.9. The second kappa shape index (κ2) is 36.3. The van der Waals surface area contributed by atoms with E-state index in [9.17, 15) is 100 Å². The van der Waals surface area contributed by atoms with E-state index in [2.05, 4.69) is 53.1 Å². The highest BCUT2D eigenvalue weighted by molar-refractivity contribution is 9.11. The molecule has 10 rings (SSSR count). The molecule has 0 unspecified atom stereocenters. The van der Waals surface area contributed by atoms with E-state index in [1.54, 1.807) is 42.5 Å². The van der Waals surface area contributed by atoms with E-state index in [0.29, 0.717) is 53.4 Å². The van der Waals surface area contributed by atoms with Gasteiger partial charge in [-0.05, 0) is 120 Å². The molecule has 0 saturated carbocycles. The van der Waals surface area contributed by atoms with Gasteiger partial charge in [0, 0.05) is 114 Å². The lowest BCUT2D eigenvalue weighted by atomic mass is 9.96. The SMILES string of the molecule is Nc1cc(N)cc(-c2ccc(F)cc2F)c1.Nc1cc(Nc2ccc(Br)cc2[N+](=O)[O-])cc(-c2ccc(F)cc2F)c1.O.O.O=[N+]([O-])c1cc(-c2ccc(F)cc2F)cc([N+](=O)[O-])c1.O=[N+]([O-])c1cc(Br)cc([N+](=O)[O-])c1.O=[N+]([O-])c1cc(Br)ccc1F.[B]c1ccc(F)cc1F. The van der Waals surface area contributed by atoms with Crippen LogP contribution in [0.4, 0.5) is 102 Å². The minimum absolute atomic E-state index is 0. The number of nitrogens with two attached hydrogens (primary N) is 3. The Hall–Kier alpha value is -11.4. The van der Waals surface area contributed by atoms with Gasteiger partial charge in [0.1, 0.15) is 60.1 Å². The molecule has 2 radical (unpaired) electrons. The molecular formula is C60H41BBr3F9N10O14. The Labute approximate surface area is 565 Å². The Balaban J connectivity index is 0.000000312. The van der Waals surface area contributed by atoms with E-state index < -0.39 is 99.0 Å². The zero-order valence-electron chi connectivity index (χ0n) is 48.2. The standard InChI is InChI=1S/C18H12BrF2N3O2.C12H6F2N2O4.C12H10F2N2.C6H3BF2.C6H3BrFNO2.C6H3BrN2O4.2H2O/c19-11-1-4-17(18(7-11)24(25)26)23-14-6-10(5-13(22)9-14)15-3-2-12(20)8-16(15)21;13-8-1-2-11(12(14)5-8)7-3-9(15(17)18)6-10(4-7)16(19)20;13-8-1-2-11(12(14)5-8)7-3-9(15)6-10(16)4-7;7-5-2-1-4(8)3-6(5)9;7-4-1-2-5(8)6(3-4)9(10)11;7-4-1-5(8(10)11)3-6(2-4)9(12)13;;/h1-9,23H,22H2;1-6H;1-6H,15-16H2;1-3H;1-3H;1-3H;2*1H2. The molecular weight excluding hydrogens is 1510 g/mol. The minimum atomic E-state index is -0.959. The average Bonchev–Trinajstić information content (AvgIpc) is 0.826. The summed E-state index contributed by atoms with van der Waals surface area (Å²) in [6, 6.07) is 35.9. The molecule has 0 saturated heterocycles. The Morgan fingerprint density at radius 2 is 0.670 bits per heavy atom. The van der Waals surface area contributed by atoms with Crippen molar-refractivity contribution in [3.05, 3.63) is 308 Å². The van der Waals surface area contributed by atoms with Crippen LogP contribution < -0.4 is 28.0 Å². The average molecular weight is 1550 g/mol. The van der Waals surface area contributed by atoms with Gasteiger partial charge < -0.3 is 33.5 Å². The maximum atomic E-state index is 14.0. The first kappa shape index (κ1) is 79.8. The maximum Gasteiger partial charge on any atom is 0.305 e. The summed E-state index contributed by atoms with van der Waals surface area (Å²) in [7, 11) is 5.05. The maximum absolute atomic E-state index is 14.0. The number of nitrogens with zero attached hydrogens (tertiary/aromatic N) is 6. The van der Waals surface area contributed by atoms with Crippen LogP contribution in [0.2, 0.25) is 0 Å². The summed E-state index contributed by atoms with van der Waals surface area (Å²) in [4.78, 5) is 59.1. The predicted octanol–water partition coefficient (Wildman–Crippen LogP) is 15.7. The van der Waals surface area contributed by atoms with Gasteiger partial charge in [0.05, 0.1) is 41.7 Å². The minimum Gasteiger partial charge on any atom is -0.412 e. The van der Waals surface area contributed by atoms with Gasteiger partial charge in [-0.25, -0.2) is 35.1 Å². The number of anilines is 5. The molecule has 0 spiro atoms. The van der Waals surface area contributed by atoms with Crippen molar-refractivity contribution in [2.24, 2.45) is 0 Å². The fraction of sp³-hybridized carbons (Fsp3) is 0. The van der Waals surface area contributed by atoms with Crippen LogP contribution in [-0.4, -0.2) is 48.3 Å². The van der Waals surface area contributed by atoms with Gasteiger partial charge in [0.25, 0.3) is 28.4 Å². The van der Waals surface area contributed by atoms with Gasteiger partial charge >= 0.3 is 5.69 Å². The van der Waals surface area contributed by atoms with E-state index in [1.807, 2.05) is 0 Å². The molecule has 0 aromatic heterocycles. The van der Waals surface area contributed by atoms with Crippen LogP contribution in [0.3, 0.4) is 0 Å². The largest absolute Gasteiger partial charge is 0.412 e. The topological polar surface area (TPSA) is 412 Å². The zero-order chi connectivity index (χ0) is 70.7. The number of hydrogen-bond acceptors (Lipinski definition) is 16. The van der Waals surface area contributed by atoms with Crippen LogP contribution in [0.5, 0.6) is 0 Å². The molecule has 0 aliphatic heterocycles. The van der Waals surface area contributed by atoms with Crippen molar-refractivity contribution in [3.8, 4) is 33.4 Å². The zero-order valence-corrected chi connectivity index (χ0v) is 53.0. The first-order chi connectivity index (χ1) is 44.6. The molecule has 97 heavy (non-hydrogen) atoms. The van der Waals surface area contributed by atoms with Crippen molar-refractivity contribution in [1.82, 2.24) is 0 Å². The molecule has 0 bridgehead atoms. The molecule has 502 valence electrons. The van der Waals surface area contributed by atoms with Crippen LogP contribution in [0, 0.1) is 113 Å². The third kappa shape index (κ3) is 24.1. The first-order valence-electron chi connectivity index (χ1n) is 25.6. The summed E-state index contributed by atoms with van der Waals surface area (Å²) in [6.45, 7) is 0. The van der Waals surface area contributed by atoms with Gasteiger partial charge in [-0.3, -0.25) is 60.7 Å². The Morgan fingerprint density at radius 3 is 1.03 bits per heavy atom. The number of benzene rings is 10. The molecule has 0 fully saturated rings. The Bertz CT molecular complexity index is 4520. The van der Waals surface area contributed by atoms with Crippen LogP contribution in [-0.2, 0) is 0 Å². The van der Waals surface area contributed by atoms with Crippen LogP contribution >= 0.6 is 47.8 Å². The number of nitrogen functional groups attached to an aromatic ring is 3. The highest BCUT2D eigenvalue weighted by atomic mass is 79.9. The molecule has 10 aromatic carbocycles. The van der Waals surface area contributed by atoms with Gasteiger partial charge in [0.2, 0.25) is 5.82 Å². The van der Waals surface area contributed by atoms with E-state index in [4.69, 9.17) is 25.0 Å². The quantitative estimate of drug-likeness (QED) is 0.0307. The van der Waals surface area contributed by atoms with Gasteiger partial charge in [0.15, 0.2) is 0 Å². The lowest BCUT2D eigenvalue weighted by Gasteiger charge is -2.11. The summed E-state index contributed by atoms with van der Waals surface area (Å²) in [5, 5.41) is 66.3. The van der Waals surface area contributed by atoms with Crippen molar-refractivity contribution in [2.45, 2.75) is 0 Å². The van der Waals surface area contributed by atoms with Crippen molar-refractivity contribution >= 4 is 124 Å². The molecule has 0 atom stereocenters. The monoisotopic (exact) mass is 1540 g/mol. The number of rotatable bonds is 11. The summed E-state index contributed by atoms with van der Waals surface area (Å²) in [6.07, 6.45) is 0. The fourth-order valence-electron chi connectivity index (χ4n) is 7.66. The second-order valence-electron chi connectivity index (χ2n) is 18.6. The molecule has 0 aliphatic carbocycles. The molecule has 11 N–H and O–H groups in total. The van der Waals surface area contributed by atoms with E-state index in [0.717, 1.165) is 78.9 Å². The number of halogens is 12. The molecule has 0 heterocycles. The summed E-state index contributed by atoms with van der Waals surface area (Å²) in [5.74, 6) is -6.57. The molecule has 37 heteroatoms. The van der Waals surface area contributed by atoms with Gasteiger partial charge in [-0.2, -0.15) is 4.39 Å². The fourth-order valence-corrected chi connectivity index (χ4v) is 8.82. The third-order valence-electron chi connectivity index (χ3n) is 11.8. The summed E-state index contributed by atoms with van der Waals surface area (Å²) < 4.78 is 118. The predicted molar refractivity (Wildman–Crippen MR) is 353 cm³/mol. The van der Waals surface area contributed by atoms with Crippen molar-refractivity contribution in [2.75, 3.05) is 22.5 Å². The second-order valence-corrected chi connectivity index (χ2v) is 21.3. The van der Waals surface area contributed by atoms with E-state index >= 15 is 0 Å². The van der Waals surface area contributed by atoms with Crippen LogP contribution in [0.25, 0.3) is 33.4 Å². The van der Waals surface area contributed by atoms with Crippen molar-refractivity contribution in [1.29, 1.82) is 0 Å². The number of non-ortho nitro benzene ring substituents is 4. The lowest BCUT2D eigenvalue weighted by Crippen LogP contribution is -2.07. The smallest absolute Gasteiger partial charge is 0.305 e. The van der Waals surface area contributed by atoms with Crippen molar-refractivity contribution in [3.63, 3.8) is 0 Å².